The highest BCUT2D eigenvalue weighted by molar-refractivity contribution is 7.10. The summed E-state index contributed by atoms with van der Waals surface area (Å²) in [6.45, 7) is 5.16. The van der Waals surface area contributed by atoms with Crippen molar-refractivity contribution >= 4 is 17.2 Å². The Bertz CT molecular complexity index is 771. The molecule has 2 atom stereocenters. The third-order valence-electron chi connectivity index (χ3n) is 6.16. The summed E-state index contributed by atoms with van der Waals surface area (Å²) in [6, 6.07) is 12.5. The Balaban J connectivity index is 1.50. The van der Waals surface area contributed by atoms with Gasteiger partial charge in [0.2, 0.25) is 5.91 Å². The third-order valence-corrected chi connectivity index (χ3v) is 7.04. The van der Waals surface area contributed by atoms with Crippen LogP contribution < -0.4 is 4.74 Å². The van der Waals surface area contributed by atoms with Gasteiger partial charge in [0.05, 0.1) is 13.5 Å². The number of carbonyl (C=O) groups is 1. The van der Waals surface area contributed by atoms with Crippen LogP contribution in [-0.2, 0) is 11.2 Å². The van der Waals surface area contributed by atoms with Gasteiger partial charge >= 0.3 is 0 Å². The first-order valence-electron chi connectivity index (χ1n) is 10.4. The lowest BCUT2D eigenvalue weighted by molar-refractivity contribution is -0.129. The maximum Gasteiger partial charge on any atom is 0.227 e. The highest BCUT2D eigenvalue weighted by atomic mass is 32.1. The molecule has 2 unspecified atom stereocenters. The molecule has 1 aromatic carbocycles. The molecule has 4 rings (SSSR count). The standard InChI is InChI=1S/C23H30N2O2S/c1-27-20-8-5-7-18(13-20)22-17-25(23(26)14-21-9-6-12-28-21)16-19(22)15-24-10-3-2-4-11-24/h5-9,12-13,19,22H,2-4,10-11,14-17H2,1H3. The minimum atomic E-state index is 0.261. The van der Waals surface area contributed by atoms with Crippen molar-refractivity contribution in [1.82, 2.24) is 9.80 Å². The van der Waals surface area contributed by atoms with Gasteiger partial charge in [-0.3, -0.25) is 4.79 Å². The molecule has 3 heterocycles. The van der Waals surface area contributed by atoms with Crippen LogP contribution in [0.4, 0.5) is 0 Å². The van der Waals surface area contributed by atoms with E-state index in [9.17, 15) is 4.79 Å². The largest absolute Gasteiger partial charge is 0.497 e. The fraction of sp³-hybridized carbons (Fsp3) is 0.522. The Hall–Kier alpha value is -1.85. The smallest absolute Gasteiger partial charge is 0.227 e. The lowest BCUT2D eigenvalue weighted by Gasteiger charge is -2.31. The number of hydrogen-bond donors (Lipinski definition) is 0. The number of benzene rings is 1. The molecule has 28 heavy (non-hydrogen) atoms. The zero-order valence-electron chi connectivity index (χ0n) is 16.7. The predicted molar refractivity (Wildman–Crippen MR) is 114 cm³/mol. The molecule has 0 N–H and O–H groups in total. The maximum atomic E-state index is 12.9. The van der Waals surface area contributed by atoms with Crippen molar-refractivity contribution in [3.8, 4) is 5.75 Å². The average molecular weight is 399 g/mol. The summed E-state index contributed by atoms with van der Waals surface area (Å²) in [5, 5.41) is 2.05. The molecule has 0 radical (unpaired) electrons. The second-order valence-electron chi connectivity index (χ2n) is 8.06. The molecule has 0 aliphatic carbocycles. The van der Waals surface area contributed by atoms with Crippen LogP contribution in [0.2, 0.25) is 0 Å². The first-order chi connectivity index (χ1) is 13.7. The first kappa shape index (κ1) is 19.5. The van der Waals surface area contributed by atoms with E-state index < -0.39 is 0 Å². The number of methoxy groups -OCH3 is 1. The van der Waals surface area contributed by atoms with E-state index in [1.165, 1.54) is 37.9 Å². The molecule has 4 nitrogen and oxygen atoms in total. The van der Waals surface area contributed by atoms with Crippen molar-refractivity contribution in [2.24, 2.45) is 5.92 Å². The maximum absolute atomic E-state index is 12.9. The number of carbonyl (C=O) groups excluding carboxylic acids is 1. The fourth-order valence-electron chi connectivity index (χ4n) is 4.66. The fourth-order valence-corrected chi connectivity index (χ4v) is 5.35. The Labute approximate surface area is 172 Å². The predicted octanol–water partition coefficient (Wildman–Crippen LogP) is 4.03. The van der Waals surface area contributed by atoms with E-state index in [0.29, 0.717) is 18.3 Å². The lowest BCUT2D eigenvalue weighted by Crippen LogP contribution is -2.37. The van der Waals surface area contributed by atoms with Crippen LogP contribution in [0.1, 0.15) is 35.6 Å². The molecule has 2 aliphatic rings. The van der Waals surface area contributed by atoms with E-state index >= 15 is 0 Å². The summed E-state index contributed by atoms with van der Waals surface area (Å²) in [5.74, 6) is 2.02. The molecule has 2 aromatic rings. The summed E-state index contributed by atoms with van der Waals surface area (Å²) in [7, 11) is 1.72. The van der Waals surface area contributed by atoms with Gasteiger partial charge in [0, 0.05) is 30.4 Å². The summed E-state index contributed by atoms with van der Waals surface area (Å²) in [5.41, 5.74) is 1.30. The molecule has 2 saturated heterocycles. The van der Waals surface area contributed by atoms with E-state index in [1.54, 1.807) is 18.4 Å². The molecule has 0 saturated carbocycles. The number of amides is 1. The van der Waals surface area contributed by atoms with Crippen LogP contribution in [-0.4, -0.2) is 55.5 Å². The van der Waals surface area contributed by atoms with Gasteiger partial charge in [-0.2, -0.15) is 0 Å². The van der Waals surface area contributed by atoms with E-state index in [-0.39, 0.29) is 5.91 Å². The summed E-state index contributed by atoms with van der Waals surface area (Å²) >= 11 is 1.67. The number of ether oxygens (including phenoxy) is 1. The Morgan fingerprint density at radius 3 is 2.75 bits per heavy atom. The van der Waals surface area contributed by atoms with Crippen molar-refractivity contribution < 1.29 is 9.53 Å². The molecular formula is C23H30N2O2S. The van der Waals surface area contributed by atoms with Crippen molar-refractivity contribution in [2.75, 3.05) is 39.8 Å². The van der Waals surface area contributed by atoms with Crippen LogP contribution >= 0.6 is 11.3 Å². The van der Waals surface area contributed by atoms with Crippen molar-refractivity contribution in [3.63, 3.8) is 0 Å². The zero-order chi connectivity index (χ0) is 19.3. The van der Waals surface area contributed by atoms with Crippen molar-refractivity contribution in [3.05, 3.63) is 52.2 Å². The van der Waals surface area contributed by atoms with E-state index in [2.05, 4.69) is 34.1 Å². The van der Waals surface area contributed by atoms with Crippen molar-refractivity contribution in [1.29, 1.82) is 0 Å². The van der Waals surface area contributed by atoms with Crippen LogP contribution in [0.5, 0.6) is 5.75 Å². The number of rotatable bonds is 6. The Morgan fingerprint density at radius 1 is 1.14 bits per heavy atom. The second kappa shape index (κ2) is 9.10. The normalized spacial score (nSPS) is 23.1. The lowest BCUT2D eigenvalue weighted by atomic mass is 9.88. The molecule has 2 aliphatic heterocycles. The van der Waals surface area contributed by atoms with Gasteiger partial charge in [-0.15, -0.1) is 11.3 Å². The molecule has 0 spiro atoms. The van der Waals surface area contributed by atoms with Crippen LogP contribution in [0.15, 0.2) is 41.8 Å². The molecule has 150 valence electrons. The van der Waals surface area contributed by atoms with E-state index in [0.717, 1.165) is 30.3 Å². The number of piperidine rings is 1. The highest BCUT2D eigenvalue weighted by Gasteiger charge is 2.37. The summed E-state index contributed by atoms with van der Waals surface area (Å²) in [6.07, 6.45) is 4.49. The SMILES string of the molecule is COc1cccc(C2CN(C(=O)Cc3cccs3)CC2CN2CCCCC2)c1. The molecule has 2 fully saturated rings. The van der Waals surface area contributed by atoms with Crippen LogP contribution in [0.3, 0.4) is 0 Å². The molecule has 1 amide bonds. The van der Waals surface area contributed by atoms with E-state index in [1.807, 2.05) is 17.5 Å². The topological polar surface area (TPSA) is 32.8 Å². The first-order valence-corrected chi connectivity index (χ1v) is 11.3. The monoisotopic (exact) mass is 398 g/mol. The number of nitrogens with zero attached hydrogens (tertiary/aromatic N) is 2. The third kappa shape index (κ3) is 4.58. The van der Waals surface area contributed by atoms with Gasteiger partial charge in [0.25, 0.3) is 0 Å². The zero-order valence-corrected chi connectivity index (χ0v) is 17.5. The molecule has 0 bridgehead atoms. The summed E-state index contributed by atoms with van der Waals surface area (Å²) in [4.78, 5) is 18.8. The molecular weight excluding hydrogens is 368 g/mol. The van der Waals surface area contributed by atoms with Gasteiger partial charge in [-0.25, -0.2) is 0 Å². The molecule has 1 aromatic heterocycles. The quantitative estimate of drug-likeness (QED) is 0.737. The van der Waals surface area contributed by atoms with Crippen LogP contribution in [0.25, 0.3) is 0 Å². The van der Waals surface area contributed by atoms with Gasteiger partial charge in [-0.1, -0.05) is 24.6 Å². The Morgan fingerprint density at radius 2 is 2.00 bits per heavy atom. The van der Waals surface area contributed by atoms with Gasteiger partial charge in [0.15, 0.2) is 0 Å². The van der Waals surface area contributed by atoms with Gasteiger partial charge in [0.1, 0.15) is 5.75 Å². The van der Waals surface area contributed by atoms with E-state index in [4.69, 9.17) is 4.74 Å². The number of thiophene rings is 1. The average Bonchev–Trinajstić information content (AvgIpc) is 3.39. The van der Waals surface area contributed by atoms with Gasteiger partial charge in [-0.05, 0) is 61.0 Å². The minimum Gasteiger partial charge on any atom is -0.497 e. The number of hydrogen-bond acceptors (Lipinski definition) is 4. The summed E-state index contributed by atoms with van der Waals surface area (Å²) < 4.78 is 5.45. The number of likely N-dealkylation sites (tertiary alicyclic amines) is 2. The van der Waals surface area contributed by atoms with Crippen molar-refractivity contribution in [2.45, 2.75) is 31.6 Å². The minimum absolute atomic E-state index is 0.261. The van der Waals surface area contributed by atoms with Gasteiger partial charge < -0.3 is 14.5 Å². The Kier molecular flexibility index (Phi) is 6.33. The highest BCUT2D eigenvalue weighted by Crippen LogP contribution is 2.35. The molecule has 5 heteroatoms. The second-order valence-corrected chi connectivity index (χ2v) is 9.09. The van der Waals surface area contributed by atoms with Crippen LogP contribution in [0, 0.1) is 5.92 Å².